The lowest BCUT2D eigenvalue weighted by molar-refractivity contribution is 0.239. The van der Waals surface area contributed by atoms with E-state index in [4.69, 9.17) is 0 Å². The summed E-state index contributed by atoms with van der Waals surface area (Å²) in [7, 11) is 0. The molecule has 0 N–H and O–H groups in total. The molecule has 2 aromatic rings. The summed E-state index contributed by atoms with van der Waals surface area (Å²) in [4.78, 5) is 2.70. The summed E-state index contributed by atoms with van der Waals surface area (Å²) >= 11 is 0. The molecule has 2 fully saturated rings. The Balaban J connectivity index is 1.69. The van der Waals surface area contributed by atoms with Gasteiger partial charge in [-0.25, -0.2) is 0 Å². The highest BCUT2D eigenvalue weighted by Crippen LogP contribution is 2.77. The van der Waals surface area contributed by atoms with Crippen molar-refractivity contribution in [1.82, 2.24) is 4.90 Å². The summed E-state index contributed by atoms with van der Waals surface area (Å²) in [5, 5.41) is 0. The second-order valence-electron chi connectivity index (χ2n) is 8.02. The fourth-order valence-electron chi connectivity index (χ4n) is 6.14. The first-order valence-electron chi connectivity index (χ1n) is 9.67. The van der Waals surface area contributed by atoms with Crippen molar-refractivity contribution < 1.29 is 0 Å². The minimum Gasteiger partial charge on any atom is -0.300 e. The van der Waals surface area contributed by atoms with E-state index >= 15 is 0 Å². The number of benzene rings is 2. The Kier molecular flexibility index (Phi) is 3.19. The number of hydrogen-bond acceptors (Lipinski definition) is 1. The molecule has 0 bridgehead atoms. The maximum absolute atomic E-state index is 2.70. The number of aryl methyl sites for hydroxylation is 2. The van der Waals surface area contributed by atoms with Crippen molar-refractivity contribution >= 4 is 0 Å². The van der Waals surface area contributed by atoms with E-state index in [-0.39, 0.29) is 0 Å². The van der Waals surface area contributed by atoms with Gasteiger partial charge in [0.05, 0.1) is 0 Å². The van der Waals surface area contributed by atoms with Gasteiger partial charge in [-0.05, 0) is 73.4 Å². The van der Waals surface area contributed by atoms with Crippen molar-refractivity contribution in [3.8, 4) is 0 Å². The van der Waals surface area contributed by atoms with Crippen LogP contribution in [-0.4, -0.2) is 24.0 Å². The van der Waals surface area contributed by atoms with Gasteiger partial charge < -0.3 is 4.90 Å². The SMILES string of the molecule is CCN1CCC2(C3c4ccccc4CCc4ccccc4C32)C1C. The number of likely N-dealkylation sites (tertiary alicyclic amines) is 1. The molecule has 1 spiro atoms. The molecule has 0 amide bonds. The van der Waals surface area contributed by atoms with Crippen molar-refractivity contribution in [3.63, 3.8) is 0 Å². The Morgan fingerprint density at radius 2 is 1.46 bits per heavy atom. The van der Waals surface area contributed by atoms with Gasteiger partial charge in [0.25, 0.3) is 0 Å². The zero-order valence-electron chi connectivity index (χ0n) is 14.8. The quantitative estimate of drug-likeness (QED) is 0.732. The van der Waals surface area contributed by atoms with Crippen LogP contribution in [0.4, 0.5) is 0 Å². The fraction of sp³-hybridized carbons (Fsp3) is 0.478. The third-order valence-electron chi connectivity index (χ3n) is 7.39. The summed E-state index contributed by atoms with van der Waals surface area (Å²) < 4.78 is 0. The molecule has 3 aliphatic rings. The Bertz CT molecular complexity index is 724. The van der Waals surface area contributed by atoms with Crippen molar-refractivity contribution in [2.45, 2.75) is 51.0 Å². The molecular formula is C23H27N. The summed E-state index contributed by atoms with van der Waals surface area (Å²) in [6.07, 6.45) is 3.75. The second kappa shape index (κ2) is 5.20. The third kappa shape index (κ3) is 1.80. The molecule has 124 valence electrons. The Labute approximate surface area is 145 Å². The molecule has 1 heterocycles. The van der Waals surface area contributed by atoms with E-state index in [1.807, 2.05) is 0 Å². The van der Waals surface area contributed by atoms with Crippen LogP contribution in [0.3, 0.4) is 0 Å². The lowest BCUT2D eigenvalue weighted by atomic mass is 9.89. The summed E-state index contributed by atoms with van der Waals surface area (Å²) in [5.74, 6) is 1.45. The van der Waals surface area contributed by atoms with Gasteiger partial charge in [-0.15, -0.1) is 0 Å². The Morgan fingerprint density at radius 1 is 0.917 bits per heavy atom. The fourth-order valence-corrected chi connectivity index (χ4v) is 6.14. The van der Waals surface area contributed by atoms with E-state index in [0.29, 0.717) is 11.5 Å². The number of fused-ring (bicyclic) bond motifs is 7. The van der Waals surface area contributed by atoms with Crippen LogP contribution in [0.2, 0.25) is 0 Å². The van der Waals surface area contributed by atoms with Crippen molar-refractivity contribution in [2.75, 3.05) is 13.1 Å². The molecule has 3 unspecified atom stereocenters. The minimum absolute atomic E-state index is 0.465. The molecule has 1 aliphatic heterocycles. The number of nitrogens with zero attached hydrogens (tertiary/aromatic N) is 1. The average Bonchev–Trinajstić information content (AvgIpc) is 3.16. The zero-order chi connectivity index (χ0) is 16.3. The summed E-state index contributed by atoms with van der Waals surface area (Å²) in [6, 6.07) is 19.3. The first kappa shape index (κ1) is 14.7. The van der Waals surface area contributed by atoms with Gasteiger partial charge in [-0.2, -0.15) is 0 Å². The molecule has 3 atom stereocenters. The number of hydrogen-bond donors (Lipinski definition) is 0. The van der Waals surface area contributed by atoms with Gasteiger partial charge in [-0.1, -0.05) is 55.5 Å². The van der Waals surface area contributed by atoms with Crippen molar-refractivity contribution in [3.05, 3.63) is 70.8 Å². The van der Waals surface area contributed by atoms with Crippen LogP contribution in [0.25, 0.3) is 0 Å². The van der Waals surface area contributed by atoms with E-state index in [1.165, 1.54) is 32.4 Å². The van der Waals surface area contributed by atoms with E-state index in [9.17, 15) is 0 Å². The smallest absolute Gasteiger partial charge is 0.0136 e. The van der Waals surface area contributed by atoms with E-state index in [1.54, 1.807) is 22.3 Å². The van der Waals surface area contributed by atoms with Crippen molar-refractivity contribution in [2.24, 2.45) is 5.41 Å². The van der Waals surface area contributed by atoms with Crippen LogP contribution < -0.4 is 0 Å². The van der Waals surface area contributed by atoms with Crippen LogP contribution in [0.15, 0.2) is 48.5 Å². The van der Waals surface area contributed by atoms with Gasteiger partial charge in [-0.3, -0.25) is 0 Å². The largest absolute Gasteiger partial charge is 0.300 e. The van der Waals surface area contributed by atoms with Gasteiger partial charge in [0.15, 0.2) is 0 Å². The third-order valence-corrected chi connectivity index (χ3v) is 7.39. The topological polar surface area (TPSA) is 3.24 Å². The number of rotatable bonds is 1. The average molecular weight is 317 g/mol. The van der Waals surface area contributed by atoms with E-state index in [0.717, 1.165) is 11.8 Å². The normalized spacial score (nSPS) is 34.2. The molecule has 1 nitrogen and oxygen atoms in total. The van der Waals surface area contributed by atoms with Crippen LogP contribution in [0.1, 0.15) is 54.4 Å². The van der Waals surface area contributed by atoms with Crippen LogP contribution in [0.5, 0.6) is 0 Å². The molecule has 0 radical (unpaired) electrons. The van der Waals surface area contributed by atoms with Crippen LogP contribution >= 0.6 is 0 Å². The predicted molar refractivity (Wildman–Crippen MR) is 99.5 cm³/mol. The molecule has 2 aliphatic carbocycles. The molecule has 5 rings (SSSR count). The monoisotopic (exact) mass is 317 g/mol. The van der Waals surface area contributed by atoms with E-state index in [2.05, 4.69) is 67.3 Å². The van der Waals surface area contributed by atoms with Crippen molar-refractivity contribution in [1.29, 1.82) is 0 Å². The maximum Gasteiger partial charge on any atom is 0.0136 e. The second-order valence-corrected chi connectivity index (χ2v) is 8.02. The Hall–Kier alpha value is -1.60. The van der Waals surface area contributed by atoms with Crippen LogP contribution in [-0.2, 0) is 12.8 Å². The standard InChI is InChI=1S/C23H27N/c1-3-24-15-14-23(16(24)2)21-19-10-6-4-8-17(19)12-13-18-9-5-7-11-20(18)22(21)23/h4-11,16,21-22H,3,12-15H2,1-2H3. The highest BCUT2D eigenvalue weighted by atomic mass is 15.2. The van der Waals surface area contributed by atoms with E-state index < -0.39 is 0 Å². The van der Waals surface area contributed by atoms with Gasteiger partial charge in [0, 0.05) is 11.5 Å². The molecule has 1 saturated carbocycles. The maximum atomic E-state index is 2.70. The van der Waals surface area contributed by atoms with Gasteiger partial charge in [0.2, 0.25) is 0 Å². The summed E-state index contributed by atoms with van der Waals surface area (Å²) in [5.41, 5.74) is 6.97. The molecular weight excluding hydrogens is 290 g/mol. The zero-order valence-corrected chi connectivity index (χ0v) is 14.8. The Morgan fingerprint density at radius 3 is 1.96 bits per heavy atom. The highest BCUT2D eigenvalue weighted by Gasteiger charge is 2.70. The molecule has 1 saturated heterocycles. The van der Waals surface area contributed by atoms with Gasteiger partial charge in [0.1, 0.15) is 0 Å². The first-order valence-corrected chi connectivity index (χ1v) is 9.67. The van der Waals surface area contributed by atoms with Gasteiger partial charge >= 0.3 is 0 Å². The minimum atomic E-state index is 0.465. The molecule has 24 heavy (non-hydrogen) atoms. The first-order chi connectivity index (χ1) is 11.8. The molecule has 2 aromatic carbocycles. The molecule has 1 heteroatoms. The summed E-state index contributed by atoms with van der Waals surface area (Å²) in [6.45, 7) is 7.27. The predicted octanol–water partition coefficient (Wildman–Crippen LogP) is 4.77. The lowest BCUT2D eigenvalue weighted by Crippen LogP contribution is -2.31. The highest BCUT2D eigenvalue weighted by molar-refractivity contribution is 5.52. The lowest BCUT2D eigenvalue weighted by Gasteiger charge is -2.24. The molecule has 0 aromatic heterocycles. The van der Waals surface area contributed by atoms with Crippen LogP contribution in [0, 0.1) is 5.41 Å².